The highest BCUT2D eigenvalue weighted by Crippen LogP contribution is 2.37. The summed E-state index contributed by atoms with van der Waals surface area (Å²) in [6.07, 6.45) is 1.21. The summed E-state index contributed by atoms with van der Waals surface area (Å²) in [5, 5.41) is 3.85. The maximum absolute atomic E-state index is 11.6. The molecule has 0 aliphatic carbocycles. The molecule has 0 saturated carbocycles. The first-order valence-electron chi connectivity index (χ1n) is 5.75. The van der Waals surface area contributed by atoms with Crippen LogP contribution in [0.3, 0.4) is 0 Å². The van der Waals surface area contributed by atoms with Gasteiger partial charge in [0.25, 0.3) is 0 Å². The maximum Gasteiger partial charge on any atom is 0.175 e. The quantitative estimate of drug-likeness (QED) is 0.856. The summed E-state index contributed by atoms with van der Waals surface area (Å²) in [5.74, 6) is 0. The van der Waals surface area contributed by atoms with Crippen LogP contribution in [0.15, 0.2) is 39.0 Å². The van der Waals surface area contributed by atoms with Crippen molar-refractivity contribution in [2.45, 2.75) is 10.9 Å². The Morgan fingerprint density at radius 3 is 2.55 bits per heavy atom. The fourth-order valence-electron chi connectivity index (χ4n) is 1.90. The van der Waals surface area contributed by atoms with Crippen molar-refractivity contribution in [3.8, 4) is 0 Å². The standard InChI is InChI=1S/C13H13BrClNO2S2/c1-16-12(11-7-10(15)13(14)19-11)8-4-3-5-9(6-8)20(2,17)18/h3-7,12,16H,1-2H3. The molecule has 1 unspecified atom stereocenters. The van der Waals surface area contributed by atoms with Gasteiger partial charge in [-0.05, 0) is 46.7 Å². The molecule has 0 aliphatic heterocycles. The van der Waals surface area contributed by atoms with Crippen molar-refractivity contribution >= 4 is 48.7 Å². The van der Waals surface area contributed by atoms with Gasteiger partial charge in [0.2, 0.25) is 0 Å². The summed E-state index contributed by atoms with van der Waals surface area (Å²) in [4.78, 5) is 1.34. The van der Waals surface area contributed by atoms with Crippen molar-refractivity contribution in [3.63, 3.8) is 0 Å². The molecular formula is C13H13BrClNO2S2. The van der Waals surface area contributed by atoms with E-state index in [9.17, 15) is 8.42 Å². The van der Waals surface area contributed by atoms with Gasteiger partial charge in [0, 0.05) is 11.1 Å². The lowest BCUT2D eigenvalue weighted by atomic mass is 10.1. The molecule has 1 aromatic heterocycles. The normalized spacial score (nSPS) is 13.4. The van der Waals surface area contributed by atoms with Gasteiger partial charge in [-0.1, -0.05) is 23.7 Å². The maximum atomic E-state index is 11.6. The zero-order valence-electron chi connectivity index (χ0n) is 10.9. The number of hydrogen-bond acceptors (Lipinski definition) is 4. The van der Waals surface area contributed by atoms with Crippen molar-refractivity contribution in [2.75, 3.05) is 13.3 Å². The topological polar surface area (TPSA) is 46.2 Å². The van der Waals surface area contributed by atoms with E-state index in [1.54, 1.807) is 18.2 Å². The molecule has 0 radical (unpaired) electrons. The van der Waals surface area contributed by atoms with Crippen molar-refractivity contribution in [2.24, 2.45) is 0 Å². The average Bonchev–Trinajstić information content (AvgIpc) is 2.69. The van der Waals surface area contributed by atoms with Crippen molar-refractivity contribution in [1.29, 1.82) is 0 Å². The number of hydrogen-bond donors (Lipinski definition) is 1. The molecule has 1 heterocycles. The van der Waals surface area contributed by atoms with Gasteiger partial charge < -0.3 is 5.32 Å². The monoisotopic (exact) mass is 393 g/mol. The van der Waals surface area contributed by atoms with Gasteiger partial charge in [-0.15, -0.1) is 11.3 Å². The zero-order valence-corrected chi connectivity index (χ0v) is 14.8. The van der Waals surface area contributed by atoms with Crippen LogP contribution in [0, 0.1) is 0 Å². The first-order valence-corrected chi connectivity index (χ1v) is 9.63. The molecular weight excluding hydrogens is 382 g/mol. The minimum absolute atomic E-state index is 0.0921. The van der Waals surface area contributed by atoms with Crippen molar-refractivity contribution in [3.05, 3.63) is 49.6 Å². The van der Waals surface area contributed by atoms with Gasteiger partial charge in [-0.25, -0.2) is 8.42 Å². The SMILES string of the molecule is CNC(c1cccc(S(C)(=O)=O)c1)c1cc(Cl)c(Br)s1. The second-order valence-corrected chi connectivity index (χ2v) is 9.16. The van der Waals surface area contributed by atoms with Crippen LogP contribution in [-0.4, -0.2) is 21.7 Å². The number of sulfone groups is 1. The Balaban J connectivity index is 2.47. The summed E-state index contributed by atoms with van der Waals surface area (Å²) in [6, 6.07) is 8.73. The summed E-state index contributed by atoms with van der Waals surface area (Å²) in [6.45, 7) is 0. The second-order valence-electron chi connectivity index (χ2n) is 4.34. The highest BCUT2D eigenvalue weighted by atomic mass is 79.9. The van der Waals surface area contributed by atoms with E-state index >= 15 is 0 Å². The van der Waals surface area contributed by atoms with Crippen LogP contribution in [0.2, 0.25) is 5.02 Å². The zero-order chi connectivity index (χ0) is 14.9. The molecule has 7 heteroatoms. The predicted molar refractivity (Wildman–Crippen MR) is 87.5 cm³/mol. The number of halogens is 2. The Morgan fingerprint density at radius 1 is 1.35 bits per heavy atom. The van der Waals surface area contributed by atoms with E-state index in [0.29, 0.717) is 9.92 Å². The van der Waals surface area contributed by atoms with Gasteiger partial charge in [-0.2, -0.15) is 0 Å². The van der Waals surface area contributed by atoms with E-state index in [1.165, 1.54) is 17.6 Å². The third kappa shape index (κ3) is 3.43. The molecule has 3 nitrogen and oxygen atoms in total. The van der Waals surface area contributed by atoms with Crippen molar-refractivity contribution < 1.29 is 8.42 Å². The molecule has 20 heavy (non-hydrogen) atoms. The number of nitrogens with one attached hydrogen (secondary N) is 1. The van der Waals surface area contributed by atoms with Gasteiger partial charge >= 0.3 is 0 Å². The Hall–Kier alpha value is -0.400. The predicted octanol–water partition coefficient (Wildman–Crippen LogP) is 3.88. The van der Waals surface area contributed by atoms with Crippen LogP contribution in [0.25, 0.3) is 0 Å². The van der Waals surface area contributed by atoms with Crippen LogP contribution in [0.5, 0.6) is 0 Å². The summed E-state index contributed by atoms with van der Waals surface area (Å²) in [7, 11) is -1.38. The average molecular weight is 395 g/mol. The van der Waals surface area contributed by atoms with Gasteiger partial charge in [0.05, 0.1) is 19.7 Å². The fourth-order valence-corrected chi connectivity index (χ4v) is 4.46. The molecule has 0 bridgehead atoms. The first-order chi connectivity index (χ1) is 9.32. The van der Waals surface area contributed by atoms with E-state index < -0.39 is 9.84 Å². The van der Waals surface area contributed by atoms with Crippen LogP contribution in [-0.2, 0) is 9.84 Å². The number of thiophene rings is 1. The number of rotatable bonds is 4. The van der Waals surface area contributed by atoms with Crippen molar-refractivity contribution in [1.82, 2.24) is 5.32 Å². The first kappa shape index (κ1) is 16.0. The number of benzene rings is 1. The molecule has 1 N–H and O–H groups in total. The van der Waals surface area contributed by atoms with E-state index in [-0.39, 0.29) is 6.04 Å². The van der Waals surface area contributed by atoms with Gasteiger partial charge in [0.1, 0.15) is 0 Å². The molecule has 1 aromatic carbocycles. The van der Waals surface area contributed by atoms with E-state index in [1.807, 2.05) is 19.2 Å². The Labute approximate surface area is 136 Å². The Bertz CT molecular complexity index is 708. The summed E-state index contributed by atoms with van der Waals surface area (Å²) >= 11 is 11.0. The smallest absolute Gasteiger partial charge is 0.175 e. The van der Waals surface area contributed by atoms with Crippen LogP contribution in [0.1, 0.15) is 16.5 Å². The highest BCUT2D eigenvalue weighted by Gasteiger charge is 2.18. The third-order valence-corrected chi connectivity index (χ3v) is 6.51. The van der Waals surface area contributed by atoms with E-state index in [0.717, 1.165) is 14.2 Å². The molecule has 1 atom stereocenters. The third-order valence-electron chi connectivity index (χ3n) is 2.86. The van der Waals surface area contributed by atoms with Crippen LogP contribution >= 0.6 is 38.9 Å². The van der Waals surface area contributed by atoms with Gasteiger partial charge in [0.15, 0.2) is 9.84 Å². The largest absolute Gasteiger partial charge is 0.309 e. The molecule has 2 rings (SSSR count). The lowest BCUT2D eigenvalue weighted by molar-refractivity contribution is 0.601. The Kier molecular flexibility index (Phi) is 4.92. The molecule has 2 aromatic rings. The summed E-state index contributed by atoms with van der Waals surface area (Å²) in [5.41, 5.74) is 0.890. The molecule has 0 amide bonds. The van der Waals surface area contributed by atoms with E-state index in [4.69, 9.17) is 11.6 Å². The molecule has 0 aliphatic rings. The fraction of sp³-hybridized carbons (Fsp3) is 0.231. The minimum atomic E-state index is -3.21. The van der Waals surface area contributed by atoms with E-state index in [2.05, 4.69) is 21.2 Å². The molecule has 0 saturated heterocycles. The molecule has 108 valence electrons. The minimum Gasteiger partial charge on any atom is -0.309 e. The lowest BCUT2D eigenvalue weighted by Gasteiger charge is -2.15. The second kappa shape index (κ2) is 6.15. The summed E-state index contributed by atoms with van der Waals surface area (Å²) < 4.78 is 24.2. The molecule has 0 spiro atoms. The lowest BCUT2D eigenvalue weighted by Crippen LogP contribution is -2.16. The van der Waals surface area contributed by atoms with Crippen LogP contribution < -0.4 is 5.32 Å². The molecule has 0 fully saturated rings. The highest BCUT2D eigenvalue weighted by molar-refractivity contribution is 9.11. The Morgan fingerprint density at radius 2 is 2.05 bits per heavy atom. The van der Waals surface area contributed by atoms with Crippen LogP contribution in [0.4, 0.5) is 0 Å². The van der Waals surface area contributed by atoms with Gasteiger partial charge in [-0.3, -0.25) is 0 Å².